The molecule has 9 heteroatoms. The van der Waals surface area contributed by atoms with Gasteiger partial charge in [0, 0.05) is 6.54 Å². The number of alkyl halides is 3. The summed E-state index contributed by atoms with van der Waals surface area (Å²) < 4.78 is 40.9. The zero-order valence-electron chi connectivity index (χ0n) is 16.2. The zero-order chi connectivity index (χ0) is 21.1. The van der Waals surface area contributed by atoms with E-state index in [1.165, 1.54) is 17.8 Å². The first-order valence-electron chi connectivity index (χ1n) is 9.70. The first kappa shape index (κ1) is 21.5. The first-order chi connectivity index (χ1) is 13.8. The second-order valence-electron chi connectivity index (χ2n) is 7.34. The number of hydrogen-bond donors (Lipinski definition) is 1. The molecule has 0 saturated heterocycles. The van der Waals surface area contributed by atoms with Crippen molar-refractivity contribution in [1.29, 1.82) is 5.26 Å². The molecule has 1 fully saturated rings. The third kappa shape index (κ3) is 4.86. The maximum absolute atomic E-state index is 13.1. The number of fused-ring (bicyclic) bond motifs is 1. The van der Waals surface area contributed by atoms with Crippen molar-refractivity contribution in [3.05, 3.63) is 23.8 Å². The summed E-state index contributed by atoms with van der Waals surface area (Å²) in [5.41, 5.74) is -0.647. The van der Waals surface area contributed by atoms with E-state index in [2.05, 4.69) is 16.4 Å². The summed E-state index contributed by atoms with van der Waals surface area (Å²) in [5, 5.41) is 12.9. The third-order valence-electron chi connectivity index (χ3n) is 5.12. The van der Waals surface area contributed by atoms with Gasteiger partial charge in [0.1, 0.15) is 5.54 Å². The average molecular weight is 424 g/mol. The van der Waals surface area contributed by atoms with Crippen LogP contribution in [0.1, 0.15) is 51.0 Å². The lowest BCUT2D eigenvalue weighted by atomic mass is 9.83. The van der Waals surface area contributed by atoms with E-state index >= 15 is 0 Å². The molecular formula is C20H23F3N4OS. The summed E-state index contributed by atoms with van der Waals surface area (Å²) in [6.07, 6.45) is 0.481. The van der Waals surface area contributed by atoms with Gasteiger partial charge in [-0.15, -0.1) is 0 Å². The lowest BCUT2D eigenvalue weighted by Crippen LogP contribution is -2.49. The summed E-state index contributed by atoms with van der Waals surface area (Å²) in [5.74, 6) is -0.202. The quantitative estimate of drug-likeness (QED) is 0.670. The van der Waals surface area contributed by atoms with Crippen LogP contribution in [0.3, 0.4) is 0 Å². The Morgan fingerprint density at radius 1 is 1.34 bits per heavy atom. The minimum Gasteiger partial charge on any atom is -0.337 e. The van der Waals surface area contributed by atoms with Crippen LogP contribution in [0.5, 0.6) is 0 Å². The molecule has 1 saturated carbocycles. The van der Waals surface area contributed by atoms with Crippen LogP contribution >= 0.6 is 11.8 Å². The number of hydrogen-bond acceptors (Lipinski definition) is 4. The monoisotopic (exact) mass is 424 g/mol. The number of aromatic nitrogens is 2. The molecule has 0 bridgehead atoms. The van der Waals surface area contributed by atoms with Crippen molar-refractivity contribution in [3.63, 3.8) is 0 Å². The van der Waals surface area contributed by atoms with E-state index in [0.717, 1.165) is 37.8 Å². The lowest BCUT2D eigenvalue weighted by Gasteiger charge is -2.31. The number of rotatable bonds is 6. The number of carbonyl (C=O) groups is 1. The van der Waals surface area contributed by atoms with Gasteiger partial charge in [-0.2, -0.15) is 18.4 Å². The highest BCUT2D eigenvalue weighted by Gasteiger charge is 2.34. The average Bonchev–Trinajstić information content (AvgIpc) is 3.04. The number of halogens is 3. The molecule has 0 radical (unpaired) electrons. The van der Waals surface area contributed by atoms with Gasteiger partial charge >= 0.3 is 6.18 Å². The van der Waals surface area contributed by atoms with Gasteiger partial charge in [-0.1, -0.05) is 37.9 Å². The van der Waals surface area contributed by atoms with Gasteiger partial charge in [0.2, 0.25) is 5.91 Å². The van der Waals surface area contributed by atoms with Crippen molar-refractivity contribution in [1.82, 2.24) is 14.9 Å². The van der Waals surface area contributed by atoms with E-state index in [1.54, 1.807) is 4.57 Å². The van der Waals surface area contributed by atoms with Gasteiger partial charge in [0.05, 0.1) is 28.4 Å². The summed E-state index contributed by atoms with van der Waals surface area (Å²) in [6.45, 7) is 2.43. The van der Waals surface area contributed by atoms with Crippen molar-refractivity contribution >= 4 is 28.7 Å². The van der Waals surface area contributed by atoms with Crippen LogP contribution in [-0.2, 0) is 17.5 Å². The highest BCUT2D eigenvalue weighted by Crippen LogP contribution is 2.33. The Bertz CT molecular complexity index is 926. The molecule has 29 heavy (non-hydrogen) atoms. The van der Waals surface area contributed by atoms with E-state index in [0.29, 0.717) is 35.6 Å². The highest BCUT2D eigenvalue weighted by atomic mass is 32.2. The molecule has 1 N–H and O–H groups in total. The molecule has 1 aromatic carbocycles. The van der Waals surface area contributed by atoms with E-state index in [9.17, 15) is 23.2 Å². The Morgan fingerprint density at radius 3 is 2.69 bits per heavy atom. The largest absolute Gasteiger partial charge is 0.416 e. The molecule has 1 amide bonds. The fourth-order valence-corrected chi connectivity index (χ4v) is 4.52. The Kier molecular flexibility index (Phi) is 6.42. The third-order valence-corrected chi connectivity index (χ3v) is 6.10. The van der Waals surface area contributed by atoms with Crippen LogP contribution < -0.4 is 5.32 Å². The van der Waals surface area contributed by atoms with E-state index in [1.807, 2.05) is 6.92 Å². The molecule has 0 spiro atoms. The van der Waals surface area contributed by atoms with Crippen LogP contribution in [0.15, 0.2) is 23.4 Å². The number of carbonyl (C=O) groups excluding carboxylic acids is 1. The van der Waals surface area contributed by atoms with Gasteiger partial charge in [-0.3, -0.25) is 4.79 Å². The fourth-order valence-electron chi connectivity index (χ4n) is 3.68. The molecule has 1 heterocycles. The van der Waals surface area contributed by atoms with Crippen molar-refractivity contribution in [2.75, 3.05) is 5.75 Å². The summed E-state index contributed by atoms with van der Waals surface area (Å²) in [4.78, 5) is 16.9. The van der Waals surface area contributed by atoms with Crippen LogP contribution in [0.2, 0.25) is 0 Å². The summed E-state index contributed by atoms with van der Waals surface area (Å²) in [7, 11) is 0. The Balaban J connectivity index is 1.78. The molecule has 0 aliphatic heterocycles. The number of benzene rings is 1. The SMILES string of the molecule is CCCn1c(SCC(=O)NC2(C#N)CCCCC2)nc2ccc(C(F)(F)F)cc21. The number of amides is 1. The van der Waals surface area contributed by atoms with Crippen LogP contribution in [0, 0.1) is 11.3 Å². The Morgan fingerprint density at radius 2 is 2.07 bits per heavy atom. The maximum Gasteiger partial charge on any atom is 0.416 e. The number of aryl methyl sites for hydroxylation is 1. The van der Waals surface area contributed by atoms with E-state index < -0.39 is 17.3 Å². The number of thioether (sulfide) groups is 1. The van der Waals surface area contributed by atoms with Crippen molar-refractivity contribution in [2.24, 2.45) is 0 Å². The number of nitrogens with zero attached hydrogens (tertiary/aromatic N) is 3. The van der Waals surface area contributed by atoms with Crippen LogP contribution in [0.25, 0.3) is 11.0 Å². The Hall–Kier alpha value is -2.21. The minimum atomic E-state index is -4.42. The van der Waals surface area contributed by atoms with Gasteiger partial charge in [-0.05, 0) is 37.5 Å². The molecule has 156 valence electrons. The number of imidazole rings is 1. The van der Waals surface area contributed by atoms with Gasteiger partial charge < -0.3 is 9.88 Å². The van der Waals surface area contributed by atoms with Crippen molar-refractivity contribution in [2.45, 2.75) is 68.9 Å². The predicted molar refractivity (Wildman–Crippen MR) is 105 cm³/mol. The summed E-state index contributed by atoms with van der Waals surface area (Å²) in [6, 6.07) is 5.74. The van der Waals surface area contributed by atoms with Crippen LogP contribution in [-0.4, -0.2) is 26.8 Å². The first-order valence-corrected chi connectivity index (χ1v) is 10.7. The normalized spacial score (nSPS) is 16.5. The van der Waals surface area contributed by atoms with Gasteiger partial charge in [0.15, 0.2) is 5.16 Å². The molecule has 5 nitrogen and oxygen atoms in total. The summed E-state index contributed by atoms with van der Waals surface area (Å²) >= 11 is 1.18. The molecule has 1 aliphatic carbocycles. The van der Waals surface area contributed by atoms with Crippen molar-refractivity contribution in [3.8, 4) is 6.07 Å². The second-order valence-corrected chi connectivity index (χ2v) is 8.28. The Labute approximate surface area is 171 Å². The molecular weight excluding hydrogens is 401 g/mol. The molecule has 3 rings (SSSR count). The molecule has 1 aromatic heterocycles. The molecule has 1 aliphatic rings. The highest BCUT2D eigenvalue weighted by molar-refractivity contribution is 7.99. The fraction of sp³-hybridized carbons (Fsp3) is 0.550. The van der Waals surface area contributed by atoms with Gasteiger partial charge in [0.25, 0.3) is 0 Å². The van der Waals surface area contributed by atoms with E-state index in [4.69, 9.17) is 0 Å². The van der Waals surface area contributed by atoms with Gasteiger partial charge in [-0.25, -0.2) is 4.98 Å². The lowest BCUT2D eigenvalue weighted by molar-refractivity contribution is -0.137. The molecule has 0 unspecified atom stereocenters. The molecule has 0 atom stereocenters. The smallest absolute Gasteiger partial charge is 0.337 e. The van der Waals surface area contributed by atoms with Crippen LogP contribution in [0.4, 0.5) is 13.2 Å². The number of nitrogens with one attached hydrogen (secondary N) is 1. The topological polar surface area (TPSA) is 70.7 Å². The zero-order valence-corrected chi connectivity index (χ0v) is 17.0. The maximum atomic E-state index is 13.1. The second kappa shape index (κ2) is 8.66. The minimum absolute atomic E-state index is 0.0581. The predicted octanol–water partition coefficient (Wildman–Crippen LogP) is 4.90. The number of nitriles is 1. The standard InChI is InChI=1S/C20H23F3N4OS/c1-2-10-27-16-11-14(20(21,22)23)6-7-15(16)25-18(27)29-12-17(28)26-19(13-24)8-4-3-5-9-19/h6-7,11H,2-5,8-10,12H2,1H3,(H,26,28). The van der Waals surface area contributed by atoms with E-state index in [-0.39, 0.29) is 11.7 Å². The van der Waals surface area contributed by atoms with Crippen molar-refractivity contribution < 1.29 is 18.0 Å². The molecule has 2 aromatic rings.